The van der Waals surface area contributed by atoms with Crippen molar-refractivity contribution in [2.45, 2.75) is 4.90 Å². The number of carbonyl (C=O) groups excluding carboxylic acids is 2. The maximum absolute atomic E-state index is 13.2. The first-order chi connectivity index (χ1) is 14.0. The fraction of sp³-hybridized carbons (Fsp3) is 0. The summed E-state index contributed by atoms with van der Waals surface area (Å²) in [6.07, 6.45) is 0. The molecule has 2 amide bonds. The largest absolute Gasteiger partial charge is 0.350 e. The Hall–Kier alpha value is -2.29. The molecule has 0 unspecified atom stereocenters. The standard InChI is InChI=1S/C22H14ClIN2O2S/c23-14-6-12-18(13-7-14)29-20-19(25-16-10-8-15(24)9-11-16)21(27)26(22(20)28)17-4-2-1-3-5-17/h1-13,25H. The smallest absolute Gasteiger partial charge is 0.283 e. The van der Waals surface area contributed by atoms with Crippen molar-refractivity contribution in [3.05, 3.63) is 98.1 Å². The van der Waals surface area contributed by atoms with Crippen LogP contribution in [0.5, 0.6) is 0 Å². The zero-order valence-electron chi connectivity index (χ0n) is 14.9. The first-order valence-corrected chi connectivity index (χ1v) is 10.9. The number of anilines is 2. The van der Waals surface area contributed by atoms with Crippen molar-refractivity contribution in [2.75, 3.05) is 10.2 Å². The lowest BCUT2D eigenvalue weighted by Gasteiger charge is -2.15. The van der Waals surface area contributed by atoms with Gasteiger partial charge < -0.3 is 5.32 Å². The highest BCUT2D eigenvalue weighted by Crippen LogP contribution is 2.38. The van der Waals surface area contributed by atoms with E-state index >= 15 is 0 Å². The van der Waals surface area contributed by atoms with Crippen molar-refractivity contribution < 1.29 is 9.59 Å². The minimum atomic E-state index is -0.379. The Bertz CT molecular complexity index is 1030. The SMILES string of the molecule is O=C1C(Nc2ccc(I)cc2)=C(Sc2ccc(Cl)cc2)C(=O)N1c1ccccc1. The minimum Gasteiger partial charge on any atom is -0.350 e. The molecule has 0 aliphatic carbocycles. The minimum absolute atomic E-state index is 0.264. The molecule has 144 valence electrons. The highest BCUT2D eigenvalue weighted by atomic mass is 127. The second-order valence-electron chi connectivity index (χ2n) is 6.17. The molecule has 0 aromatic heterocycles. The Kier molecular flexibility index (Phi) is 5.94. The summed E-state index contributed by atoms with van der Waals surface area (Å²) >= 11 is 9.43. The quantitative estimate of drug-likeness (QED) is 0.327. The van der Waals surface area contributed by atoms with Gasteiger partial charge in [-0.1, -0.05) is 41.6 Å². The van der Waals surface area contributed by atoms with Crippen LogP contribution in [0.2, 0.25) is 5.02 Å². The third-order valence-corrected chi connectivity index (χ3v) is 6.26. The third kappa shape index (κ3) is 4.34. The number of imide groups is 1. The molecular formula is C22H14ClIN2O2S. The molecule has 0 spiro atoms. The lowest BCUT2D eigenvalue weighted by atomic mass is 10.3. The summed E-state index contributed by atoms with van der Waals surface area (Å²) in [5, 5.41) is 3.76. The van der Waals surface area contributed by atoms with Crippen LogP contribution in [0.25, 0.3) is 0 Å². The summed E-state index contributed by atoms with van der Waals surface area (Å²) in [7, 11) is 0. The molecule has 3 aromatic rings. The van der Waals surface area contributed by atoms with Crippen LogP contribution in [-0.4, -0.2) is 11.8 Å². The zero-order chi connectivity index (χ0) is 20.4. The van der Waals surface area contributed by atoms with Gasteiger partial charge in [0, 0.05) is 19.2 Å². The number of para-hydroxylation sites is 1. The van der Waals surface area contributed by atoms with Gasteiger partial charge in [0.05, 0.1) is 5.69 Å². The summed E-state index contributed by atoms with van der Waals surface area (Å²) in [6, 6.07) is 23.7. The van der Waals surface area contributed by atoms with Crippen LogP contribution in [-0.2, 0) is 9.59 Å². The first kappa shape index (κ1) is 20.0. The van der Waals surface area contributed by atoms with Crippen molar-refractivity contribution in [2.24, 2.45) is 0 Å². The maximum Gasteiger partial charge on any atom is 0.283 e. The van der Waals surface area contributed by atoms with E-state index in [1.54, 1.807) is 36.4 Å². The molecule has 0 saturated heterocycles. The van der Waals surface area contributed by atoms with Gasteiger partial charge in [-0.05, 0) is 83.3 Å². The summed E-state index contributed by atoms with van der Waals surface area (Å²) in [4.78, 5) is 28.8. The molecule has 4 nitrogen and oxygen atoms in total. The van der Waals surface area contributed by atoms with Gasteiger partial charge in [-0.15, -0.1) is 0 Å². The molecule has 4 rings (SSSR count). The molecule has 1 aliphatic rings. The Morgan fingerprint density at radius 1 is 0.828 bits per heavy atom. The van der Waals surface area contributed by atoms with E-state index in [0.29, 0.717) is 15.6 Å². The molecule has 7 heteroatoms. The van der Waals surface area contributed by atoms with E-state index in [0.717, 1.165) is 14.2 Å². The number of rotatable bonds is 5. The van der Waals surface area contributed by atoms with E-state index in [4.69, 9.17) is 11.6 Å². The zero-order valence-corrected chi connectivity index (χ0v) is 18.7. The number of benzene rings is 3. The summed E-state index contributed by atoms with van der Waals surface area (Å²) in [5.74, 6) is -0.731. The Balaban J connectivity index is 1.73. The molecule has 0 radical (unpaired) electrons. The molecule has 1 aliphatic heterocycles. The number of hydrogen-bond acceptors (Lipinski definition) is 4. The van der Waals surface area contributed by atoms with E-state index in [1.807, 2.05) is 42.5 Å². The van der Waals surface area contributed by atoms with E-state index in [9.17, 15) is 9.59 Å². The average molecular weight is 533 g/mol. The molecule has 3 aromatic carbocycles. The van der Waals surface area contributed by atoms with E-state index < -0.39 is 0 Å². The molecule has 0 saturated carbocycles. The maximum atomic E-state index is 13.2. The third-order valence-electron chi connectivity index (χ3n) is 4.20. The lowest BCUT2D eigenvalue weighted by molar-refractivity contribution is -0.120. The Morgan fingerprint density at radius 3 is 2.14 bits per heavy atom. The van der Waals surface area contributed by atoms with Gasteiger partial charge in [0.25, 0.3) is 11.8 Å². The molecule has 1 heterocycles. The van der Waals surface area contributed by atoms with Crippen LogP contribution in [0.4, 0.5) is 11.4 Å². The van der Waals surface area contributed by atoms with Crippen LogP contribution in [0, 0.1) is 3.57 Å². The molecular weight excluding hydrogens is 519 g/mol. The number of thioether (sulfide) groups is 1. The molecule has 0 bridgehead atoms. The summed E-state index contributed by atoms with van der Waals surface area (Å²) in [5.41, 5.74) is 1.54. The highest BCUT2D eigenvalue weighted by molar-refractivity contribution is 14.1. The van der Waals surface area contributed by atoms with Crippen molar-refractivity contribution in [1.82, 2.24) is 0 Å². The normalized spacial score (nSPS) is 13.9. The molecule has 0 fully saturated rings. The topological polar surface area (TPSA) is 49.4 Å². The average Bonchev–Trinajstić information content (AvgIpc) is 2.96. The van der Waals surface area contributed by atoms with Crippen molar-refractivity contribution >= 4 is 69.1 Å². The van der Waals surface area contributed by atoms with Crippen LogP contribution in [0.3, 0.4) is 0 Å². The molecule has 0 atom stereocenters. The second-order valence-corrected chi connectivity index (χ2v) is 8.94. The predicted molar refractivity (Wildman–Crippen MR) is 126 cm³/mol. The van der Waals surface area contributed by atoms with E-state index in [2.05, 4.69) is 27.9 Å². The van der Waals surface area contributed by atoms with Gasteiger partial charge in [0.2, 0.25) is 0 Å². The van der Waals surface area contributed by atoms with Gasteiger partial charge >= 0.3 is 0 Å². The Morgan fingerprint density at radius 2 is 1.48 bits per heavy atom. The fourth-order valence-corrected chi connectivity index (χ4v) is 4.24. The van der Waals surface area contributed by atoms with E-state index in [-0.39, 0.29) is 17.5 Å². The van der Waals surface area contributed by atoms with Crippen molar-refractivity contribution in [3.63, 3.8) is 0 Å². The van der Waals surface area contributed by atoms with Crippen LogP contribution in [0.15, 0.2) is 94.4 Å². The van der Waals surface area contributed by atoms with Crippen LogP contribution < -0.4 is 10.2 Å². The van der Waals surface area contributed by atoms with Gasteiger partial charge in [-0.3, -0.25) is 9.59 Å². The second kappa shape index (κ2) is 8.61. The van der Waals surface area contributed by atoms with Crippen LogP contribution >= 0.6 is 46.0 Å². The van der Waals surface area contributed by atoms with Crippen molar-refractivity contribution in [1.29, 1.82) is 0 Å². The highest BCUT2D eigenvalue weighted by Gasteiger charge is 2.40. The predicted octanol–water partition coefficient (Wildman–Crippen LogP) is 5.93. The fourth-order valence-electron chi connectivity index (χ4n) is 2.82. The van der Waals surface area contributed by atoms with Gasteiger partial charge in [-0.2, -0.15) is 0 Å². The van der Waals surface area contributed by atoms with Gasteiger partial charge in [0.1, 0.15) is 10.6 Å². The van der Waals surface area contributed by atoms with Gasteiger partial charge in [-0.25, -0.2) is 4.90 Å². The first-order valence-electron chi connectivity index (χ1n) is 8.67. The summed E-state index contributed by atoms with van der Waals surface area (Å²) < 4.78 is 1.08. The number of halogens is 2. The number of hydrogen-bond donors (Lipinski definition) is 1. The van der Waals surface area contributed by atoms with Crippen LogP contribution in [0.1, 0.15) is 0 Å². The van der Waals surface area contributed by atoms with E-state index in [1.165, 1.54) is 16.7 Å². The molecule has 1 N–H and O–H groups in total. The summed E-state index contributed by atoms with van der Waals surface area (Å²) in [6.45, 7) is 0. The number of nitrogens with one attached hydrogen (secondary N) is 1. The number of amides is 2. The molecule has 29 heavy (non-hydrogen) atoms. The number of carbonyl (C=O) groups is 2. The monoisotopic (exact) mass is 532 g/mol. The lowest BCUT2D eigenvalue weighted by Crippen LogP contribution is -2.32. The number of nitrogens with zero attached hydrogens (tertiary/aromatic N) is 1. The Labute approximate surface area is 191 Å². The van der Waals surface area contributed by atoms with Gasteiger partial charge in [0.15, 0.2) is 0 Å². The van der Waals surface area contributed by atoms with Crippen molar-refractivity contribution in [3.8, 4) is 0 Å².